The highest BCUT2D eigenvalue weighted by molar-refractivity contribution is 5.35. The molecule has 1 aliphatic rings. The van der Waals surface area contributed by atoms with Gasteiger partial charge in [-0.1, -0.05) is 12.2 Å². The summed E-state index contributed by atoms with van der Waals surface area (Å²) in [7, 11) is 0. The maximum absolute atomic E-state index is 5.11. The minimum absolute atomic E-state index is 0.201. The van der Waals surface area contributed by atoms with Crippen molar-refractivity contribution in [2.24, 2.45) is 5.90 Å². The third-order valence-electron chi connectivity index (χ3n) is 2.20. The maximum atomic E-state index is 5.11. The van der Waals surface area contributed by atoms with Gasteiger partial charge in [0.1, 0.15) is 0 Å². The minimum Gasteiger partial charge on any atom is -0.301 e. The third kappa shape index (κ3) is 1.70. The molecule has 0 unspecified atom stereocenters. The van der Waals surface area contributed by atoms with Crippen LogP contribution in [0.2, 0.25) is 0 Å². The van der Waals surface area contributed by atoms with Crippen molar-refractivity contribution >= 4 is 0 Å². The molecule has 2 N–H and O–H groups in total. The molecule has 0 amide bonds. The van der Waals surface area contributed by atoms with Crippen LogP contribution in [0.4, 0.5) is 0 Å². The van der Waals surface area contributed by atoms with E-state index < -0.39 is 0 Å². The van der Waals surface area contributed by atoms with Crippen LogP contribution in [0.1, 0.15) is 26.7 Å². The topological polar surface area (TPSA) is 35.2 Å². The summed E-state index contributed by atoms with van der Waals surface area (Å²) in [6, 6.07) is 0. The van der Waals surface area contributed by atoms with Crippen LogP contribution in [0.25, 0.3) is 0 Å². The lowest BCUT2D eigenvalue weighted by Gasteiger charge is -2.01. The molecule has 0 spiro atoms. The molecule has 1 rings (SSSR count). The van der Waals surface area contributed by atoms with E-state index >= 15 is 0 Å². The molecule has 2 heteroatoms. The smallest absolute Gasteiger partial charge is 0.0867 e. The Morgan fingerprint density at radius 1 is 1.27 bits per heavy atom. The first-order valence-corrected chi connectivity index (χ1v) is 3.98. The third-order valence-corrected chi connectivity index (χ3v) is 2.20. The highest BCUT2D eigenvalue weighted by Crippen LogP contribution is 2.31. The zero-order valence-corrected chi connectivity index (χ0v) is 7.13. The zero-order chi connectivity index (χ0) is 8.27. The Labute approximate surface area is 67.7 Å². The van der Waals surface area contributed by atoms with Gasteiger partial charge < -0.3 is 4.84 Å². The van der Waals surface area contributed by atoms with Crippen LogP contribution in [0.5, 0.6) is 0 Å². The number of nitrogens with two attached hydrogens (primary N) is 1. The Morgan fingerprint density at radius 3 is 2.00 bits per heavy atom. The van der Waals surface area contributed by atoms with E-state index in [0.717, 1.165) is 12.8 Å². The van der Waals surface area contributed by atoms with Crippen molar-refractivity contribution in [1.29, 1.82) is 0 Å². The lowest BCUT2D eigenvalue weighted by molar-refractivity contribution is 0.0635. The Morgan fingerprint density at radius 2 is 1.73 bits per heavy atom. The molecule has 0 aromatic rings. The van der Waals surface area contributed by atoms with Gasteiger partial charge in [0.15, 0.2) is 0 Å². The van der Waals surface area contributed by atoms with E-state index in [1.807, 2.05) is 0 Å². The molecule has 0 aromatic carbocycles. The average molecular weight is 153 g/mol. The molecule has 2 nitrogen and oxygen atoms in total. The summed E-state index contributed by atoms with van der Waals surface area (Å²) in [4.78, 5) is 4.79. The fourth-order valence-corrected chi connectivity index (χ4v) is 1.53. The van der Waals surface area contributed by atoms with E-state index in [1.54, 1.807) is 0 Å². The van der Waals surface area contributed by atoms with Gasteiger partial charge in [-0.25, -0.2) is 5.90 Å². The quantitative estimate of drug-likeness (QED) is 0.584. The molecule has 1 aliphatic carbocycles. The summed E-state index contributed by atoms with van der Waals surface area (Å²) in [5.74, 6) is 5.11. The molecule has 0 radical (unpaired) electrons. The lowest BCUT2D eigenvalue weighted by atomic mass is 10.1. The van der Waals surface area contributed by atoms with Crippen molar-refractivity contribution in [3.8, 4) is 0 Å². The summed E-state index contributed by atoms with van der Waals surface area (Å²) >= 11 is 0. The maximum Gasteiger partial charge on any atom is 0.0867 e. The summed E-state index contributed by atoms with van der Waals surface area (Å²) in [6.07, 6.45) is 6.40. The van der Waals surface area contributed by atoms with E-state index in [2.05, 4.69) is 26.0 Å². The molecule has 11 heavy (non-hydrogen) atoms. The number of hydrogen-bond acceptors (Lipinski definition) is 2. The second kappa shape index (κ2) is 3.69. The van der Waals surface area contributed by atoms with E-state index in [0.29, 0.717) is 0 Å². The van der Waals surface area contributed by atoms with Crippen LogP contribution < -0.4 is 5.90 Å². The average Bonchev–Trinajstić information content (AvgIpc) is 2.46. The van der Waals surface area contributed by atoms with Gasteiger partial charge in [-0.3, -0.25) is 0 Å². The van der Waals surface area contributed by atoms with Crippen molar-refractivity contribution in [2.75, 3.05) is 0 Å². The van der Waals surface area contributed by atoms with Crippen LogP contribution in [-0.2, 0) is 4.84 Å². The van der Waals surface area contributed by atoms with Crippen LogP contribution in [0, 0.1) is 0 Å². The van der Waals surface area contributed by atoms with Crippen molar-refractivity contribution in [3.05, 3.63) is 23.3 Å². The first-order chi connectivity index (χ1) is 5.31. The lowest BCUT2D eigenvalue weighted by Crippen LogP contribution is -2.12. The van der Waals surface area contributed by atoms with Crippen molar-refractivity contribution < 1.29 is 4.84 Å². The fraction of sp³-hybridized carbons (Fsp3) is 0.556. The van der Waals surface area contributed by atoms with Gasteiger partial charge in [0, 0.05) is 12.8 Å². The zero-order valence-electron chi connectivity index (χ0n) is 7.13. The van der Waals surface area contributed by atoms with Crippen LogP contribution >= 0.6 is 0 Å². The number of allylic oxidation sites excluding steroid dienone is 2. The molecule has 62 valence electrons. The molecule has 0 atom stereocenters. The summed E-state index contributed by atoms with van der Waals surface area (Å²) in [5, 5.41) is 0. The number of rotatable bonds is 1. The molecule has 0 saturated heterocycles. The van der Waals surface area contributed by atoms with E-state index in [1.165, 1.54) is 11.1 Å². The van der Waals surface area contributed by atoms with Crippen LogP contribution in [0.15, 0.2) is 23.3 Å². The summed E-state index contributed by atoms with van der Waals surface area (Å²) in [5.41, 5.74) is 2.76. The van der Waals surface area contributed by atoms with Gasteiger partial charge in [-0.2, -0.15) is 0 Å². The number of hydrogen-bond donors (Lipinski definition) is 1. The Bertz CT molecular complexity index is 174. The molecule has 1 fully saturated rings. The molecular formula is C9H15NO. The second-order valence-electron chi connectivity index (χ2n) is 2.79. The van der Waals surface area contributed by atoms with E-state index in [-0.39, 0.29) is 6.10 Å². The molecule has 0 aromatic heterocycles. The molecule has 1 saturated carbocycles. The van der Waals surface area contributed by atoms with Gasteiger partial charge in [0.05, 0.1) is 6.10 Å². The van der Waals surface area contributed by atoms with Gasteiger partial charge in [0.25, 0.3) is 0 Å². The van der Waals surface area contributed by atoms with Crippen LogP contribution in [0.3, 0.4) is 0 Å². The molecule has 0 aliphatic heterocycles. The van der Waals surface area contributed by atoms with Crippen molar-refractivity contribution in [2.45, 2.75) is 32.8 Å². The highest BCUT2D eigenvalue weighted by atomic mass is 16.6. The minimum atomic E-state index is 0.201. The van der Waals surface area contributed by atoms with Gasteiger partial charge in [-0.15, -0.1) is 0 Å². The van der Waals surface area contributed by atoms with Crippen LogP contribution in [-0.4, -0.2) is 6.10 Å². The normalized spacial score (nSPS) is 27.2. The SMILES string of the molecule is C/C=C1/CC(ON)C/C1=C/C. The largest absolute Gasteiger partial charge is 0.301 e. The van der Waals surface area contributed by atoms with Crippen molar-refractivity contribution in [3.63, 3.8) is 0 Å². The van der Waals surface area contributed by atoms with E-state index in [4.69, 9.17) is 10.7 Å². The summed E-state index contributed by atoms with van der Waals surface area (Å²) < 4.78 is 0. The van der Waals surface area contributed by atoms with Gasteiger partial charge >= 0.3 is 0 Å². The molecule has 0 bridgehead atoms. The molecule has 0 heterocycles. The first-order valence-electron chi connectivity index (χ1n) is 3.98. The second-order valence-corrected chi connectivity index (χ2v) is 2.79. The monoisotopic (exact) mass is 153 g/mol. The highest BCUT2D eigenvalue weighted by Gasteiger charge is 2.22. The van der Waals surface area contributed by atoms with Crippen molar-refractivity contribution in [1.82, 2.24) is 0 Å². The van der Waals surface area contributed by atoms with Gasteiger partial charge in [-0.05, 0) is 25.0 Å². The predicted octanol–water partition coefficient (Wildman–Crippen LogP) is 1.93. The Kier molecular flexibility index (Phi) is 2.85. The summed E-state index contributed by atoms with van der Waals surface area (Å²) in [6.45, 7) is 4.11. The standard InChI is InChI=1S/C9H15NO/c1-3-7-5-9(11-10)6-8(7)4-2/h3-4,9H,5-6,10H2,1-2H3/b7-3-,8-4-. The fourth-order valence-electron chi connectivity index (χ4n) is 1.53. The van der Waals surface area contributed by atoms with Gasteiger partial charge in [0.2, 0.25) is 0 Å². The Hall–Kier alpha value is -0.600. The predicted molar refractivity (Wildman–Crippen MR) is 45.8 cm³/mol. The Balaban J connectivity index is 2.71. The first kappa shape index (κ1) is 8.50. The van der Waals surface area contributed by atoms with E-state index in [9.17, 15) is 0 Å². The molecular weight excluding hydrogens is 138 g/mol.